The molecule has 10 aromatic rings. The molecule has 0 bridgehead atoms. The maximum Gasteiger partial charge on any atom is 0.164 e. The molecule has 2 aromatic heterocycles. The first-order valence-electron chi connectivity index (χ1n) is 18.1. The smallest absolute Gasteiger partial charge is 0.164 e. The number of hydrogen-bond donors (Lipinski definition) is 0. The van der Waals surface area contributed by atoms with Crippen molar-refractivity contribution in [1.82, 2.24) is 19.5 Å². The molecule has 252 valence electrons. The summed E-state index contributed by atoms with van der Waals surface area (Å²) in [5.74, 6) is 1.94. The monoisotopic (exact) mass is 706 g/mol. The Morgan fingerprint density at radius 3 is 1.57 bits per heavy atom. The van der Waals surface area contributed by atoms with E-state index >= 15 is 0 Å². The molecule has 0 fully saturated rings. The molecular weight excluding hydrogens is 677 g/mol. The highest BCUT2D eigenvalue weighted by atomic mass is 32.2. The van der Waals surface area contributed by atoms with Crippen LogP contribution in [0.5, 0.6) is 0 Å². The summed E-state index contributed by atoms with van der Waals surface area (Å²) >= 11 is 1.86. The lowest BCUT2D eigenvalue weighted by Gasteiger charge is -2.21. The number of benzene rings is 8. The summed E-state index contributed by atoms with van der Waals surface area (Å²) in [6.07, 6.45) is 0. The van der Waals surface area contributed by atoms with Crippen molar-refractivity contribution in [2.75, 3.05) is 0 Å². The molecule has 0 saturated heterocycles. The maximum atomic E-state index is 5.06. The van der Waals surface area contributed by atoms with Gasteiger partial charge in [0.15, 0.2) is 17.5 Å². The van der Waals surface area contributed by atoms with Gasteiger partial charge in [0.1, 0.15) is 0 Å². The molecule has 1 aliphatic heterocycles. The molecule has 0 saturated carbocycles. The average Bonchev–Trinajstić information content (AvgIpc) is 3.57. The van der Waals surface area contributed by atoms with Gasteiger partial charge in [-0.3, -0.25) is 0 Å². The van der Waals surface area contributed by atoms with Crippen LogP contribution in [0.2, 0.25) is 0 Å². The van der Waals surface area contributed by atoms with Crippen molar-refractivity contribution in [2.24, 2.45) is 0 Å². The molecule has 11 rings (SSSR count). The van der Waals surface area contributed by atoms with Gasteiger partial charge in [-0.15, -0.1) is 0 Å². The number of para-hydroxylation sites is 1. The van der Waals surface area contributed by atoms with E-state index in [1.807, 2.05) is 72.4 Å². The first-order valence-corrected chi connectivity index (χ1v) is 18.9. The summed E-state index contributed by atoms with van der Waals surface area (Å²) in [5, 5.41) is 4.94. The van der Waals surface area contributed by atoms with Gasteiger partial charge in [-0.1, -0.05) is 133 Å². The largest absolute Gasteiger partial charge is 0.309 e. The van der Waals surface area contributed by atoms with Crippen LogP contribution in [0, 0.1) is 0 Å². The second-order valence-corrected chi connectivity index (χ2v) is 14.7. The van der Waals surface area contributed by atoms with E-state index < -0.39 is 0 Å². The number of nitrogens with zero attached hydrogens (tertiary/aromatic N) is 4. The molecule has 8 aromatic carbocycles. The summed E-state index contributed by atoms with van der Waals surface area (Å²) in [7, 11) is 0. The first kappa shape index (κ1) is 30.8. The fourth-order valence-electron chi connectivity index (χ4n) is 7.88. The van der Waals surface area contributed by atoms with Gasteiger partial charge >= 0.3 is 0 Å². The fourth-order valence-corrected chi connectivity index (χ4v) is 9.01. The number of aromatic nitrogens is 4. The van der Waals surface area contributed by atoms with Crippen molar-refractivity contribution in [3.05, 3.63) is 182 Å². The van der Waals surface area contributed by atoms with E-state index in [0.29, 0.717) is 17.5 Å². The first-order chi connectivity index (χ1) is 26.7. The molecular formula is C49H30N4S. The Morgan fingerprint density at radius 2 is 0.907 bits per heavy atom. The molecule has 5 heteroatoms. The average molecular weight is 707 g/mol. The number of rotatable bonds is 5. The minimum atomic E-state index is 0.642. The Morgan fingerprint density at radius 1 is 0.370 bits per heavy atom. The zero-order valence-corrected chi connectivity index (χ0v) is 29.8. The second kappa shape index (κ2) is 12.4. The van der Waals surface area contributed by atoms with Crippen molar-refractivity contribution in [3.63, 3.8) is 0 Å². The topological polar surface area (TPSA) is 43.6 Å². The fraction of sp³-hybridized carbons (Fsp3) is 0. The van der Waals surface area contributed by atoms with Gasteiger partial charge in [-0.25, -0.2) is 15.0 Å². The zero-order valence-electron chi connectivity index (χ0n) is 29.0. The van der Waals surface area contributed by atoms with Gasteiger partial charge in [-0.05, 0) is 88.3 Å². The molecule has 0 atom stereocenters. The van der Waals surface area contributed by atoms with E-state index in [1.165, 1.54) is 48.2 Å². The zero-order chi connectivity index (χ0) is 35.6. The van der Waals surface area contributed by atoms with Gasteiger partial charge in [0.05, 0.1) is 11.0 Å². The Bertz CT molecular complexity index is 3000. The van der Waals surface area contributed by atoms with Crippen molar-refractivity contribution < 1.29 is 0 Å². The highest BCUT2D eigenvalue weighted by molar-refractivity contribution is 7.99. The van der Waals surface area contributed by atoms with E-state index in [2.05, 4.69) is 126 Å². The molecule has 54 heavy (non-hydrogen) atoms. The SMILES string of the molecule is c1ccc(-c2nc(-c3ccccc3)nc(-c3ccc4c(c3)c3cc(-c5ccc6c(c5)-c5cccc7cccc(c57)S6)ccc3n4-c3ccccc3)n2)cc1. The highest BCUT2D eigenvalue weighted by Gasteiger charge is 2.21. The third-order valence-electron chi connectivity index (χ3n) is 10.4. The summed E-state index contributed by atoms with van der Waals surface area (Å²) < 4.78 is 2.36. The van der Waals surface area contributed by atoms with Gasteiger partial charge in [0.2, 0.25) is 0 Å². The van der Waals surface area contributed by atoms with Crippen LogP contribution in [-0.2, 0) is 0 Å². The molecule has 1 aliphatic rings. The molecule has 0 amide bonds. The van der Waals surface area contributed by atoms with Gasteiger partial charge in [0.25, 0.3) is 0 Å². The molecule has 0 aliphatic carbocycles. The van der Waals surface area contributed by atoms with Crippen LogP contribution in [0.15, 0.2) is 192 Å². The van der Waals surface area contributed by atoms with E-state index in [-0.39, 0.29) is 0 Å². The summed E-state index contributed by atoms with van der Waals surface area (Å²) in [6.45, 7) is 0. The van der Waals surface area contributed by atoms with Crippen molar-refractivity contribution in [3.8, 4) is 62.1 Å². The Labute approximate surface area is 316 Å². The maximum absolute atomic E-state index is 5.06. The molecule has 4 nitrogen and oxygen atoms in total. The lowest BCUT2D eigenvalue weighted by molar-refractivity contribution is 1.07. The number of fused-ring (bicyclic) bond motifs is 5. The molecule has 3 heterocycles. The van der Waals surface area contributed by atoms with Crippen LogP contribution in [0.1, 0.15) is 0 Å². The standard InChI is InChI=1S/C49H30N4S/c1-4-12-32(13-5-1)47-50-48(33-14-6-2-7-15-33)52-49(51-47)36-23-26-43-40(30-36)39-28-34(22-25-42(39)53(43)37-18-8-3-9-19-37)35-24-27-44-41(29-35)38-20-10-16-31-17-11-21-45(54-44)46(31)38/h1-30H. The predicted octanol–water partition coefficient (Wildman–Crippen LogP) is 12.9. The third-order valence-corrected chi connectivity index (χ3v) is 11.6. The van der Waals surface area contributed by atoms with Crippen molar-refractivity contribution in [1.29, 1.82) is 0 Å². The minimum absolute atomic E-state index is 0.642. The van der Waals surface area contributed by atoms with Crippen LogP contribution >= 0.6 is 11.8 Å². The van der Waals surface area contributed by atoms with E-state index in [1.54, 1.807) is 0 Å². The predicted molar refractivity (Wildman–Crippen MR) is 223 cm³/mol. The van der Waals surface area contributed by atoms with Crippen LogP contribution in [0.4, 0.5) is 0 Å². The molecule has 0 unspecified atom stereocenters. The van der Waals surface area contributed by atoms with Crippen LogP contribution < -0.4 is 0 Å². The quantitative estimate of drug-likeness (QED) is 0.179. The molecule has 0 radical (unpaired) electrons. The van der Waals surface area contributed by atoms with Gasteiger partial charge < -0.3 is 4.57 Å². The van der Waals surface area contributed by atoms with E-state index in [0.717, 1.165) is 38.8 Å². The molecule has 0 spiro atoms. The number of hydrogen-bond acceptors (Lipinski definition) is 4. The minimum Gasteiger partial charge on any atom is -0.309 e. The van der Waals surface area contributed by atoms with E-state index in [9.17, 15) is 0 Å². The van der Waals surface area contributed by atoms with Crippen LogP contribution in [-0.4, -0.2) is 19.5 Å². The van der Waals surface area contributed by atoms with Crippen molar-refractivity contribution >= 4 is 44.3 Å². The van der Waals surface area contributed by atoms with Crippen molar-refractivity contribution in [2.45, 2.75) is 9.79 Å². The van der Waals surface area contributed by atoms with Crippen LogP contribution in [0.3, 0.4) is 0 Å². The van der Waals surface area contributed by atoms with Crippen LogP contribution in [0.25, 0.3) is 94.7 Å². The lowest BCUT2D eigenvalue weighted by Crippen LogP contribution is -2.00. The Hall–Kier alpha value is -6.82. The highest BCUT2D eigenvalue weighted by Crippen LogP contribution is 2.49. The molecule has 0 N–H and O–H groups in total. The normalized spacial score (nSPS) is 12.0. The summed E-state index contributed by atoms with van der Waals surface area (Å²) in [6, 6.07) is 64.5. The summed E-state index contributed by atoms with van der Waals surface area (Å²) in [5.41, 5.74) is 11.2. The summed E-state index contributed by atoms with van der Waals surface area (Å²) in [4.78, 5) is 17.7. The van der Waals surface area contributed by atoms with E-state index in [4.69, 9.17) is 15.0 Å². The second-order valence-electron chi connectivity index (χ2n) is 13.6. The third kappa shape index (κ3) is 5.05. The lowest BCUT2D eigenvalue weighted by atomic mass is 9.94. The van der Waals surface area contributed by atoms with Gasteiger partial charge in [-0.2, -0.15) is 0 Å². The Kier molecular flexibility index (Phi) is 7.07. The van der Waals surface area contributed by atoms with Gasteiger partial charge in [0, 0.05) is 48.3 Å². The Balaban J connectivity index is 1.11.